The standard InChI is InChI=1S/C14H24N2O3S/c1-4-5-6-9-16(2)20(17,18)14-8-7-12(11-15)10-13(14)19-3/h7-8,10H,4-6,9,11,15H2,1-3H3. The molecule has 5 nitrogen and oxygen atoms in total. The number of unbranched alkanes of at least 4 members (excludes halogenated alkanes) is 2. The predicted molar refractivity (Wildman–Crippen MR) is 80.2 cm³/mol. The summed E-state index contributed by atoms with van der Waals surface area (Å²) in [5, 5.41) is 0. The molecular weight excluding hydrogens is 276 g/mol. The Bertz CT molecular complexity index is 529. The molecule has 1 rings (SSSR count). The van der Waals surface area contributed by atoms with E-state index in [-0.39, 0.29) is 4.90 Å². The quantitative estimate of drug-likeness (QED) is 0.745. The predicted octanol–water partition coefficient (Wildman–Crippen LogP) is 1.96. The zero-order valence-corrected chi connectivity index (χ0v) is 13.2. The Morgan fingerprint density at radius 2 is 2.00 bits per heavy atom. The second-order valence-electron chi connectivity index (χ2n) is 4.72. The van der Waals surface area contributed by atoms with Gasteiger partial charge in [-0.3, -0.25) is 0 Å². The van der Waals surface area contributed by atoms with Crippen LogP contribution in [0.5, 0.6) is 5.75 Å². The average molecular weight is 300 g/mol. The van der Waals surface area contributed by atoms with Gasteiger partial charge in [0.15, 0.2) is 0 Å². The molecule has 2 N–H and O–H groups in total. The van der Waals surface area contributed by atoms with Gasteiger partial charge in [-0.15, -0.1) is 0 Å². The number of ether oxygens (including phenoxy) is 1. The van der Waals surface area contributed by atoms with Crippen LogP contribution >= 0.6 is 0 Å². The van der Waals surface area contributed by atoms with Crippen molar-refractivity contribution in [3.63, 3.8) is 0 Å². The SMILES string of the molecule is CCCCCN(C)S(=O)(=O)c1ccc(CN)cc1OC. The van der Waals surface area contributed by atoms with Crippen molar-refractivity contribution in [3.8, 4) is 5.75 Å². The van der Waals surface area contributed by atoms with Crippen molar-refractivity contribution in [3.05, 3.63) is 23.8 Å². The molecule has 1 aromatic rings. The lowest BCUT2D eigenvalue weighted by atomic mass is 10.2. The third kappa shape index (κ3) is 3.94. The van der Waals surface area contributed by atoms with Crippen LogP contribution in [0.15, 0.2) is 23.1 Å². The van der Waals surface area contributed by atoms with Gasteiger partial charge < -0.3 is 10.5 Å². The summed E-state index contributed by atoms with van der Waals surface area (Å²) in [4.78, 5) is 0.191. The van der Waals surface area contributed by atoms with Gasteiger partial charge >= 0.3 is 0 Å². The van der Waals surface area contributed by atoms with E-state index in [2.05, 4.69) is 6.92 Å². The Morgan fingerprint density at radius 3 is 2.55 bits per heavy atom. The van der Waals surface area contributed by atoms with Gasteiger partial charge in [-0.25, -0.2) is 12.7 Å². The largest absolute Gasteiger partial charge is 0.495 e. The van der Waals surface area contributed by atoms with Crippen LogP contribution in [0, 0.1) is 0 Å². The van der Waals surface area contributed by atoms with Crippen molar-refractivity contribution in [1.29, 1.82) is 0 Å². The van der Waals surface area contributed by atoms with E-state index >= 15 is 0 Å². The normalized spacial score (nSPS) is 11.8. The van der Waals surface area contributed by atoms with Crippen LogP contribution in [0.1, 0.15) is 31.7 Å². The fourth-order valence-corrected chi connectivity index (χ4v) is 3.27. The first-order valence-electron chi connectivity index (χ1n) is 6.80. The zero-order valence-electron chi connectivity index (χ0n) is 12.4. The van der Waals surface area contributed by atoms with E-state index in [0.717, 1.165) is 24.8 Å². The first-order valence-corrected chi connectivity index (χ1v) is 8.24. The Morgan fingerprint density at radius 1 is 1.30 bits per heavy atom. The minimum atomic E-state index is -3.52. The van der Waals surface area contributed by atoms with Crippen molar-refractivity contribution in [2.45, 2.75) is 37.6 Å². The van der Waals surface area contributed by atoms with Crippen molar-refractivity contribution in [1.82, 2.24) is 4.31 Å². The van der Waals surface area contributed by atoms with Crippen LogP contribution < -0.4 is 10.5 Å². The molecule has 0 amide bonds. The van der Waals surface area contributed by atoms with Crippen molar-refractivity contribution >= 4 is 10.0 Å². The topological polar surface area (TPSA) is 72.6 Å². The number of methoxy groups -OCH3 is 1. The zero-order chi connectivity index (χ0) is 15.2. The number of hydrogen-bond acceptors (Lipinski definition) is 4. The van der Waals surface area contributed by atoms with E-state index in [4.69, 9.17) is 10.5 Å². The highest BCUT2D eigenvalue weighted by Crippen LogP contribution is 2.27. The van der Waals surface area contributed by atoms with Crippen LogP contribution in [0.4, 0.5) is 0 Å². The van der Waals surface area contributed by atoms with Gasteiger partial charge in [-0.2, -0.15) is 0 Å². The van der Waals surface area contributed by atoms with Crippen LogP contribution in [-0.4, -0.2) is 33.4 Å². The molecule has 0 saturated carbocycles. The van der Waals surface area contributed by atoms with E-state index in [0.29, 0.717) is 18.8 Å². The molecule has 0 atom stereocenters. The highest BCUT2D eigenvalue weighted by Gasteiger charge is 2.24. The molecule has 0 aliphatic rings. The number of benzene rings is 1. The summed E-state index contributed by atoms with van der Waals surface area (Å²) in [6.07, 6.45) is 2.93. The van der Waals surface area contributed by atoms with E-state index in [1.807, 2.05) is 0 Å². The third-order valence-electron chi connectivity index (χ3n) is 3.23. The summed E-state index contributed by atoms with van der Waals surface area (Å²) in [5.41, 5.74) is 6.40. The maximum atomic E-state index is 12.5. The van der Waals surface area contributed by atoms with Crippen LogP contribution in [0.3, 0.4) is 0 Å². The smallest absolute Gasteiger partial charge is 0.246 e. The Labute approximate surface area is 121 Å². The molecule has 20 heavy (non-hydrogen) atoms. The maximum absolute atomic E-state index is 12.5. The van der Waals surface area contributed by atoms with Gasteiger partial charge in [-0.1, -0.05) is 25.8 Å². The molecule has 114 valence electrons. The number of sulfonamides is 1. The van der Waals surface area contributed by atoms with Gasteiger partial charge in [0.25, 0.3) is 0 Å². The lowest BCUT2D eigenvalue weighted by Gasteiger charge is -2.19. The minimum Gasteiger partial charge on any atom is -0.495 e. The van der Waals surface area contributed by atoms with Gasteiger partial charge in [-0.05, 0) is 24.1 Å². The second-order valence-corrected chi connectivity index (χ2v) is 6.74. The molecule has 0 aliphatic heterocycles. The number of nitrogens with zero attached hydrogens (tertiary/aromatic N) is 1. The van der Waals surface area contributed by atoms with Gasteiger partial charge in [0.1, 0.15) is 10.6 Å². The van der Waals surface area contributed by atoms with E-state index in [1.165, 1.54) is 11.4 Å². The minimum absolute atomic E-state index is 0.191. The monoisotopic (exact) mass is 300 g/mol. The number of nitrogens with two attached hydrogens (primary N) is 1. The maximum Gasteiger partial charge on any atom is 0.246 e. The molecule has 0 radical (unpaired) electrons. The summed E-state index contributed by atoms with van der Waals surface area (Å²) in [7, 11) is -0.457. The highest BCUT2D eigenvalue weighted by molar-refractivity contribution is 7.89. The summed E-state index contributed by atoms with van der Waals surface area (Å²) in [6, 6.07) is 4.95. The first-order chi connectivity index (χ1) is 9.47. The van der Waals surface area contributed by atoms with Crippen molar-refractivity contribution in [2.75, 3.05) is 20.7 Å². The van der Waals surface area contributed by atoms with E-state index in [1.54, 1.807) is 25.2 Å². The molecule has 6 heteroatoms. The van der Waals surface area contributed by atoms with Gasteiger partial charge in [0, 0.05) is 20.1 Å². The molecule has 0 spiro atoms. The molecule has 0 saturated heterocycles. The summed E-state index contributed by atoms with van der Waals surface area (Å²) in [6.45, 7) is 2.95. The van der Waals surface area contributed by atoms with Gasteiger partial charge in [0.2, 0.25) is 10.0 Å². The second kappa shape index (κ2) is 7.61. The summed E-state index contributed by atoms with van der Waals surface area (Å²) < 4.78 is 31.6. The Kier molecular flexibility index (Phi) is 6.45. The fourth-order valence-electron chi connectivity index (χ4n) is 1.92. The van der Waals surface area contributed by atoms with Crippen molar-refractivity contribution < 1.29 is 13.2 Å². The lowest BCUT2D eigenvalue weighted by Crippen LogP contribution is -2.28. The molecule has 0 aromatic heterocycles. The molecule has 0 unspecified atom stereocenters. The van der Waals surface area contributed by atoms with Crippen LogP contribution in [-0.2, 0) is 16.6 Å². The number of rotatable bonds is 8. The first kappa shape index (κ1) is 16.9. The number of hydrogen-bond donors (Lipinski definition) is 1. The molecule has 0 fully saturated rings. The van der Waals surface area contributed by atoms with Gasteiger partial charge in [0.05, 0.1) is 7.11 Å². The van der Waals surface area contributed by atoms with Crippen LogP contribution in [0.2, 0.25) is 0 Å². The average Bonchev–Trinajstić information content (AvgIpc) is 2.46. The molecule has 1 aromatic carbocycles. The molecule has 0 bridgehead atoms. The summed E-state index contributed by atoms with van der Waals surface area (Å²) in [5.74, 6) is 0.343. The fraction of sp³-hybridized carbons (Fsp3) is 0.571. The molecule has 0 aliphatic carbocycles. The summed E-state index contributed by atoms with van der Waals surface area (Å²) >= 11 is 0. The Hall–Kier alpha value is -1.11. The van der Waals surface area contributed by atoms with E-state index in [9.17, 15) is 8.42 Å². The molecule has 0 heterocycles. The Balaban J connectivity index is 3.02. The molecular formula is C14H24N2O3S. The third-order valence-corrected chi connectivity index (χ3v) is 5.12. The highest BCUT2D eigenvalue weighted by atomic mass is 32.2. The lowest BCUT2D eigenvalue weighted by molar-refractivity contribution is 0.396. The van der Waals surface area contributed by atoms with E-state index < -0.39 is 10.0 Å². The van der Waals surface area contributed by atoms with Crippen LogP contribution in [0.25, 0.3) is 0 Å². The van der Waals surface area contributed by atoms with Crippen molar-refractivity contribution in [2.24, 2.45) is 5.73 Å².